The molecule has 124 valence electrons. The molecule has 1 aromatic carbocycles. The highest BCUT2D eigenvalue weighted by Crippen LogP contribution is 2.30. The number of hydrogen-bond donors (Lipinski definition) is 2. The molecule has 0 aliphatic heterocycles. The predicted molar refractivity (Wildman–Crippen MR) is 92.7 cm³/mol. The maximum Gasteiger partial charge on any atom is 0.0644 e. The third-order valence-corrected chi connectivity index (χ3v) is 4.91. The summed E-state index contributed by atoms with van der Waals surface area (Å²) in [5.41, 5.74) is 3.74. The zero-order valence-electron chi connectivity index (χ0n) is 13.5. The van der Waals surface area contributed by atoms with Gasteiger partial charge < -0.3 is 10.4 Å². The summed E-state index contributed by atoms with van der Waals surface area (Å²) in [5.74, 6) is 0. The summed E-state index contributed by atoms with van der Waals surface area (Å²) in [5, 5.41) is 18.2. The molecular formula is C18H24ClN3O. The number of fused-ring (bicyclic) bond motifs is 1. The molecule has 2 atom stereocenters. The number of nitrogens with zero attached hydrogens (tertiary/aromatic N) is 2. The second kappa shape index (κ2) is 7.47. The van der Waals surface area contributed by atoms with E-state index >= 15 is 0 Å². The molecule has 0 saturated heterocycles. The topological polar surface area (TPSA) is 50.1 Å². The van der Waals surface area contributed by atoms with Crippen molar-refractivity contribution in [1.29, 1.82) is 0 Å². The lowest BCUT2D eigenvalue weighted by atomic mass is 9.92. The van der Waals surface area contributed by atoms with E-state index in [9.17, 15) is 0 Å². The molecule has 1 aromatic heterocycles. The van der Waals surface area contributed by atoms with E-state index in [2.05, 4.69) is 23.4 Å². The Morgan fingerprint density at radius 3 is 3.04 bits per heavy atom. The number of hydrogen-bond acceptors (Lipinski definition) is 3. The number of aromatic nitrogens is 2. The molecule has 0 spiro atoms. The van der Waals surface area contributed by atoms with E-state index in [-0.39, 0.29) is 6.61 Å². The molecule has 0 saturated carbocycles. The molecule has 1 heterocycles. The van der Waals surface area contributed by atoms with Gasteiger partial charge in [-0.05, 0) is 44.2 Å². The van der Waals surface area contributed by atoms with Crippen molar-refractivity contribution < 1.29 is 5.11 Å². The van der Waals surface area contributed by atoms with Gasteiger partial charge in [0.1, 0.15) is 0 Å². The van der Waals surface area contributed by atoms with E-state index in [4.69, 9.17) is 16.7 Å². The van der Waals surface area contributed by atoms with Crippen LogP contribution in [0.2, 0.25) is 5.02 Å². The second-order valence-electron chi connectivity index (χ2n) is 6.30. The van der Waals surface area contributed by atoms with Gasteiger partial charge in [-0.3, -0.25) is 4.68 Å². The summed E-state index contributed by atoms with van der Waals surface area (Å²) in [6.07, 6.45) is 6.21. The highest BCUT2D eigenvalue weighted by atomic mass is 35.5. The molecule has 1 aliphatic carbocycles. The zero-order valence-corrected chi connectivity index (χ0v) is 14.3. The molecular weight excluding hydrogens is 310 g/mol. The van der Waals surface area contributed by atoms with Crippen LogP contribution >= 0.6 is 11.6 Å². The summed E-state index contributed by atoms with van der Waals surface area (Å²) >= 11 is 6.27. The molecule has 2 unspecified atom stereocenters. The Bertz CT molecular complexity index is 655. The summed E-state index contributed by atoms with van der Waals surface area (Å²) < 4.78 is 1.95. The number of nitrogens with one attached hydrogen (secondary N) is 1. The Hall–Kier alpha value is -1.36. The van der Waals surface area contributed by atoms with E-state index in [1.807, 2.05) is 29.1 Å². The molecule has 0 amide bonds. The first-order valence-electron chi connectivity index (χ1n) is 8.34. The Kier molecular flexibility index (Phi) is 5.36. The second-order valence-corrected chi connectivity index (χ2v) is 6.71. The molecule has 23 heavy (non-hydrogen) atoms. The minimum Gasteiger partial charge on any atom is -0.394 e. The first-order chi connectivity index (χ1) is 11.2. The summed E-state index contributed by atoms with van der Waals surface area (Å²) in [7, 11) is 0. The van der Waals surface area contributed by atoms with Crippen molar-refractivity contribution in [2.75, 3.05) is 6.61 Å². The van der Waals surface area contributed by atoms with Gasteiger partial charge in [0, 0.05) is 28.4 Å². The van der Waals surface area contributed by atoms with Crippen LogP contribution < -0.4 is 5.32 Å². The molecule has 2 aromatic rings. The molecule has 4 nitrogen and oxygen atoms in total. The fourth-order valence-corrected chi connectivity index (χ4v) is 3.69. The van der Waals surface area contributed by atoms with Crippen molar-refractivity contribution >= 4 is 11.6 Å². The highest BCUT2D eigenvalue weighted by molar-refractivity contribution is 6.31. The Balaban J connectivity index is 1.68. The molecule has 0 fully saturated rings. The number of aliphatic hydroxyl groups is 1. The van der Waals surface area contributed by atoms with Crippen LogP contribution in [-0.2, 0) is 19.4 Å². The standard InChI is InChI=1S/C18H24ClN3O/c1-13(11-14-5-2-3-6-16(14)19)21-17-7-4-8-18-15(17)12-20-22(18)9-10-23/h2-3,5-6,12-13,17,21,23H,4,7-11H2,1H3. The Morgan fingerprint density at radius 2 is 2.26 bits per heavy atom. The van der Waals surface area contributed by atoms with Gasteiger partial charge in [0.05, 0.1) is 19.3 Å². The largest absolute Gasteiger partial charge is 0.394 e. The van der Waals surface area contributed by atoms with Gasteiger partial charge in [-0.15, -0.1) is 0 Å². The van der Waals surface area contributed by atoms with E-state index in [0.717, 1.165) is 30.7 Å². The Morgan fingerprint density at radius 1 is 1.43 bits per heavy atom. The number of halogens is 1. The quantitative estimate of drug-likeness (QED) is 0.854. The SMILES string of the molecule is CC(Cc1ccccc1Cl)NC1CCCc2c1cnn2CCO. The maximum absolute atomic E-state index is 9.15. The fraction of sp³-hybridized carbons (Fsp3) is 0.500. The van der Waals surface area contributed by atoms with Crippen LogP contribution in [0.5, 0.6) is 0 Å². The van der Waals surface area contributed by atoms with Crippen LogP contribution in [-0.4, -0.2) is 27.5 Å². The summed E-state index contributed by atoms with van der Waals surface area (Å²) in [6, 6.07) is 8.71. The van der Waals surface area contributed by atoms with Crippen LogP contribution in [0.15, 0.2) is 30.5 Å². The van der Waals surface area contributed by atoms with E-state index < -0.39 is 0 Å². The lowest BCUT2D eigenvalue weighted by Crippen LogP contribution is -2.34. The molecule has 2 N–H and O–H groups in total. The number of benzene rings is 1. The molecule has 1 aliphatic rings. The molecule has 5 heteroatoms. The van der Waals surface area contributed by atoms with Crippen molar-refractivity contribution in [2.24, 2.45) is 0 Å². The van der Waals surface area contributed by atoms with Gasteiger partial charge in [-0.25, -0.2) is 0 Å². The van der Waals surface area contributed by atoms with Gasteiger partial charge in [-0.2, -0.15) is 5.10 Å². The normalized spacial score (nSPS) is 18.7. The number of rotatable bonds is 6. The van der Waals surface area contributed by atoms with Crippen LogP contribution in [0.25, 0.3) is 0 Å². The van der Waals surface area contributed by atoms with Gasteiger partial charge in [0.25, 0.3) is 0 Å². The summed E-state index contributed by atoms with van der Waals surface area (Å²) in [6.45, 7) is 2.92. The smallest absolute Gasteiger partial charge is 0.0644 e. The van der Waals surface area contributed by atoms with E-state index in [1.165, 1.54) is 16.8 Å². The summed E-state index contributed by atoms with van der Waals surface area (Å²) in [4.78, 5) is 0. The molecule has 0 bridgehead atoms. The zero-order chi connectivity index (χ0) is 16.2. The maximum atomic E-state index is 9.15. The van der Waals surface area contributed by atoms with Crippen LogP contribution in [0, 0.1) is 0 Å². The lowest BCUT2D eigenvalue weighted by Gasteiger charge is -2.27. The fourth-order valence-electron chi connectivity index (χ4n) is 3.48. The first kappa shape index (κ1) is 16.5. The van der Waals surface area contributed by atoms with Crippen molar-refractivity contribution in [3.8, 4) is 0 Å². The Labute approximate surface area is 142 Å². The van der Waals surface area contributed by atoms with Crippen molar-refractivity contribution in [3.05, 3.63) is 52.3 Å². The monoisotopic (exact) mass is 333 g/mol. The predicted octanol–water partition coefficient (Wildman–Crippen LogP) is 3.13. The van der Waals surface area contributed by atoms with Crippen molar-refractivity contribution in [1.82, 2.24) is 15.1 Å². The lowest BCUT2D eigenvalue weighted by molar-refractivity contribution is 0.266. The van der Waals surface area contributed by atoms with Crippen LogP contribution in [0.3, 0.4) is 0 Å². The average Bonchev–Trinajstić information content (AvgIpc) is 2.94. The van der Waals surface area contributed by atoms with Gasteiger partial charge in [0.2, 0.25) is 0 Å². The van der Waals surface area contributed by atoms with Crippen LogP contribution in [0.1, 0.15) is 42.6 Å². The average molecular weight is 334 g/mol. The van der Waals surface area contributed by atoms with Gasteiger partial charge in [-0.1, -0.05) is 29.8 Å². The van der Waals surface area contributed by atoms with Crippen molar-refractivity contribution in [2.45, 2.75) is 51.2 Å². The molecule has 3 rings (SSSR count). The highest BCUT2D eigenvalue weighted by Gasteiger charge is 2.25. The molecule has 0 radical (unpaired) electrons. The minimum atomic E-state index is 0.134. The number of aliphatic hydroxyl groups excluding tert-OH is 1. The third-order valence-electron chi connectivity index (χ3n) is 4.54. The van der Waals surface area contributed by atoms with Crippen LogP contribution in [0.4, 0.5) is 0 Å². The van der Waals surface area contributed by atoms with E-state index in [1.54, 1.807) is 0 Å². The van der Waals surface area contributed by atoms with E-state index in [0.29, 0.717) is 18.6 Å². The minimum absolute atomic E-state index is 0.134. The van der Waals surface area contributed by atoms with Crippen molar-refractivity contribution in [3.63, 3.8) is 0 Å². The van der Waals surface area contributed by atoms with Gasteiger partial charge >= 0.3 is 0 Å². The first-order valence-corrected chi connectivity index (χ1v) is 8.71. The third kappa shape index (κ3) is 3.77. The van der Waals surface area contributed by atoms with Gasteiger partial charge in [0.15, 0.2) is 0 Å².